The van der Waals surface area contributed by atoms with E-state index in [4.69, 9.17) is 23.7 Å². The van der Waals surface area contributed by atoms with E-state index >= 15 is 0 Å². The number of aromatic hydroxyl groups is 1. The molecular formula is C57H64N6O9S. The summed E-state index contributed by atoms with van der Waals surface area (Å²) in [4.78, 5) is 54.3. The topological polar surface area (TPSA) is 189 Å². The third-order valence-corrected chi connectivity index (χ3v) is 14.4. The molecule has 4 aromatic carbocycles. The molecule has 73 heavy (non-hydrogen) atoms. The van der Waals surface area contributed by atoms with Crippen molar-refractivity contribution in [2.75, 3.05) is 46.6 Å². The van der Waals surface area contributed by atoms with Crippen LogP contribution >= 0.6 is 11.3 Å². The van der Waals surface area contributed by atoms with Crippen molar-refractivity contribution in [3.05, 3.63) is 148 Å². The number of thiazole rings is 1. The summed E-state index contributed by atoms with van der Waals surface area (Å²) < 4.78 is 23.3. The van der Waals surface area contributed by atoms with E-state index in [0.29, 0.717) is 55.5 Å². The predicted molar refractivity (Wildman–Crippen MR) is 281 cm³/mol. The van der Waals surface area contributed by atoms with Gasteiger partial charge < -0.3 is 44.1 Å². The second kappa shape index (κ2) is 23.6. The third kappa shape index (κ3) is 12.2. The Morgan fingerprint density at radius 2 is 1.64 bits per heavy atom. The van der Waals surface area contributed by atoms with E-state index in [0.717, 1.165) is 44.8 Å². The number of rotatable bonds is 22. The number of amides is 3. The molecule has 0 spiro atoms. The van der Waals surface area contributed by atoms with Gasteiger partial charge in [0.15, 0.2) is 11.3 Å². The van der Waals surface area contributed by atoms with Crippen molar-refractivity contribution in [3.8, 4) is 27.8 Å². The minimum absolute atomic E-state index is 0.0155. The number of aromatic nitrogens is 2. The maximum Gasteiger partial charge on any atom is 0.257 e. The second-order valence-electron chi connectivity index (χ2n) is 18.9. The van der Waals surface area contributed by atoms with Crippen LogP contribution in [0.25, 0.3) is 21.6 Å². The van der Waals surface area contributed by atoms with Crippen LogP contribution in [-0.4, -0.2) is 112 Å². The Morgan fingerprint density at radius 3 is 2.32 bits per heavy atom. The zero-order valence-corrected chi connectivity index (χ0v) is 43.1. The van der Waals surface area contributed by atoms with E-state index in [1.165, 1.54) is 5.57 Å². The molecule has 2 aliphatic heterocycles. The summed E-state index contributed by atoms with van der Waals surface area (Å²) in [6, 6.07) is 34.2. The summed E-state index contributed by atoms with van der Waals surface area (Å²) >= 11 is 1.56. The highest BCUT2D eigenvalue weighted by Gasteiger charge is 2.48. The number of carbonyl (C=O) groups is 3. The molecule has 3 amide bonds. The first-order valence-electron chi connectivity index (χ1n) is 24.9. The van der Waals surface area contributed by atoms with E-state index in [9.17, 15) is 24.6 Å². The van der Waals surface area contributed by atoms with Gasteiger partial charge in [-0.05, 0) is 101 Å². The number of carbonyl (C=O) groups excluding carboxylic acids is 3. The molecule has 382 valence electrons. The zero-order chi connectivity index (χ0) is 51.6. The SMILES string of the molecule is CC/C(=C(\c1ccc(O)cc1)c1ccc(OCCN(C)C(=O)CCCOCCOc2cc(C(C(=O)N3C[C@H](O)C[C@@H]3C3=N[C@](C)(c4ccc(-c5scnc5C)cc4)C(=O)N3)C(C)C)on2)cc1)c1ccccc1. The van der Waals surface area contributed by atoms with Crippen molar-refractivity contribution < 1.29 is 43.3 Å². The first-order valence-corrected chi connectivity index (χ1v) is 25.7. The van der Waals surface area contributed by atoms with Crippen LogP contribution in [0.5, 0.6) is 17.4 Å². The van der Waals surface area contributed by atoms with Crippen LogP contribution in [-0.2, 0) is 24.7 Å². The van der Waals surface area contributed by atoms with Gasteiger partial charge in [-0.3, -0.25) is 14.4 Å². The molecule has 4 heterocycles. The smallest absolute Gasteiger partial charge is 0.257 e. The zero-order valence-electron chi connectivity index (χ0n) is 42.2. The molecule has 1 fully saturated rings. The summed E-state index contributed by atoms with van der Waals surface area (Å²) in [7, 11) is 1.76. The van der Waals surface area contributed by atoms with Crippen molar-refractivity contribution in [3.63, 3.8) is 0 Å². The lowest BCUT2D eigenvalue weighted by Gasteiger charge is -2.29. The van der Waals surface area contributed by atoms with Gasteiger partial charge in [0.05, 0.1) is 41.4 Å². The number of ether oxygens (including phenoxy) is 3. The van der Waals surface area contributed by atoms with Gasteiger partial charge in [0.1, 0.15) is 36.5 Å². The number of aryl methyl sites for hydroxylation is 1. The fourth-order valence-corrected chi connectivity index (χ4v) is 10.2. The number of allylic oxidation sites excluding steroid dienone is 1. The van der Waals surface area contributed by atoms with Crippen molar-refractivity contribution in [1.82, 2.24) is 25.3 Å². The van der Waals surface area contributed by atoms with E-state index in [2.05, 4.69) is 34.5 Å². The number of aliphatic imine (C=N–C) groups is 1. The van der Waals surface area contributed by atoms with Gasteiger partial charge in [-0.1, -0.05) is 99.6 Å². The highest BCUT2D eigenvalue weighted by Crippen LogP contribution is 2.38. The summed E-state index contributed by atoms with van der Waals surface area (Å²) in [6.45, 7) is 11.3. The monoisotopic (exact) mass is 1010 g/mol. The third-order valence-electron chi connectivity index (χ3n) is 13.5. The molecule has 2 aliphatic rings. The van der Waals surface area contributed by atoms with E-state index < -0.39 is 23.6 Å². The highest BCUT2D eigenvalue weighted by atomic mass is 32.1. The van der Waals surface area contributed by atoms with Crippen molar-refractivity contribution in [2.24, 2.45) is 10.9 Å². The fourth-order valence-electron chi connectivity index (χ4n) is 9.43. The number of likely N-dealkylation sites (N-methyl/N-ethyl adjacent to an activating group) is 1. The molecule has 4 atom stereocenters. The van der Waals surface area contributed by atoms with Crippen LogP contribution in [0.1, 0.15) is 93.0 Å². The molecule has 1 saturated heterocycles. The van der Waals surface area contributed by atoms with Gasteiger partial charge in [-0.2, -0.15) is 0 Å². The molecule has 15 nitrogen and oxygen atoms in total. The van der Waals surface area contributed by atoms with Gasteiger partial charge >= 0.3 is 0 Å². The Bertz CT molecular complexity index is 2900. The summed E-state index contributed by atoms with van der Waals surface area (Å²) in [5.74, 6) is 0.220. The van der Waals surface area contributed by atoms with Gasteiger partial charge in [-0.15, -0.1) is 11.3 Å². The number of benzene rings is 4. The average molecular weight is 1010 g/mol. The Balaban J connectivity index is 0.767. The van der Waals surface area contributed by atoms with Crippen LogP contribution < -0.4 is 14.8 Å². The minimum Gasteiger partial charge on any atom is -0.508 e. The lowest BCUT2D eigenvalue weighted by Crippen LogP contribution is -2.48. The number of aliphatic hydroxyl groups is 1. The molecule has 0 saturated carbocycles. The van der Waals surface area contributed by atoms with E-state index in [1.54, 1.807) is 58.8 Å². The first kappa shape index (κ1) is 52.2. The summed E-state index contributed by atoms with van der Waals surface area (Å²) in [6.07, 6.45) is 1.07. The molecule has 1 unspecified atom stereocenters. The molecule has 2 aromatic heterocycles. The number of aliphatic hydroxyl groups excluding tert-OH is 1. The van der Waals surface area contributed by atoms with Gasteiger partial charge in [0.2, 0.25) is 11.8 Å². The van der Waals surface area contributed by atoms with E-state index in [1.807, 2.05) is 99.6 Å². The molecule has 8 rings (SSSR count). The van der Waals surface area contributed by atoms with E-state index in [-0.39, 0.29) is 61.4 Å². The predicted octanol–water partition coefficient (Wildman–Crippen LogP) is 9.04. The van der Waals surface area contributed by atoms with Crippen LogP contribution in [0.4, 0.5) is 0 Å². The maximum atomic E-state index is 14.4. The van der Waals surface area contributed by atoms with Crippen LogP contribution in [0.3, 0.4) is 0 Å². The molecule has 6 aromatic rings. The van der Waals surface area contributed by atoms with Gasteiger partial charge in [0.25, 0.3) is 11.8 Å². The standard InChI is InChI=1S/C57H64N6O9S/c1-7-46(38-12-9-8-10-13-38)52(39-17-23-43(64)24-18-39)40-19-25-45(26-20-40)70-29-27-62(6)50(66)14-11-28-69-30-31-71-49-33-48(72-61-49)51(36(2)3)55(67)63-34-44(65)32-47(63)54-59-56(68)57(5,60-54)42-21-15-41(16-22-42)53-37(4)58-35-73-53/h8-10,12-13,15-26,33,35-36,44,47,51,64-65H,7,11,14,27-32,34H2,1-6H3,(H,59,60,68)/b52-46-/t44-,47-,51?,57-/m1/s1. The molecule has 0 aliphatic carbocycles. The van der Waals surface area contributed by atoms with Crippen LogP contribution in [0, 0.1) is 12.8 Å². The number of β-amino-alcohol motifs (C(OH)–C–C–N with tert-alkyl or cyclic N) is 1. The minimum atomic E-state index is -1.22. The Morgan fingerprint density at radius 1 is 0.932 bits per heavy atom. The highest BCUT2D eigenvalue weighted by molar-refractivity contribution is 7.13. The number of hydrogen-bond donors (Lipinski definition) is 3. The molecule has 16 heteroatoms. The normalized spacial score (nSPS) is 18.3. The number of phenolic OH excluding ortho intramolecular Hbond substituents is 1. The lowest BCUT2D eigenvalue weighted by atomic mass is 9.88. The molecule has 0 radical (unpaired) electrons. The van der Waals surface area contributed by atoms with Gasteiger partial charge in [0, 0.05) is 39.1 Å². The van der Waals surface area contributed by atoms with Crippen molar-refractivity contribution >= 4 is 46.0 Å². The van der Waals surface area contributed by atoms with Crippen LogP contribution in [0.15, 0.2) is 124 Å². The Labute approximate surface area is 430 Å². The Kier molecular flexibility index (Phi) is 16.9. The van der Waals surface area contributed by atoms with Crippen molar-refractivity contribution in [2.45, 2.75) is 83.9 Å². The number of hydrogen-bond acceptors (Lipinski definition) is 13. The molecule has 0 bridgehead atoms. The van der Waals surface area contributed by atoms with Crippen molar-refractivity contribution in [1.29, 1.82) is 0 Å². The average Bonchev–Trinajstić information content (AvgIpc) is 4.20. The number of amidine groups is 1. The first-order chi connectivity index (χ1) is 35.2. The summed E-state index contributed by atoms with van der Waals surface area (Å²) in [5.41, 5.74) is 8.71. The Hall–Kier alpha value is -7.14. The maximum absolute atomic E-state index is 14.4. The van der Waals surface area contributed by atoms with Crippen LogP contribution in [0.2, 0.25) is 0 Å². The largest absolute Gasteiger partial charge is 0.508 e. The number of nitrogens with one attached hydrogen (secondary N) is 1. The summed E-state index contributed by atoms with van der Waals surface area (Å²) in [5, 5.41) is 27.8. The quantitative estimate of drug-likeness (QED) is 0.0435. The lowest BCUT2D eigenvalue weighted by molar-refractivity contribution is -0.134. The number of phenols is 1. The molecule has 3 N–H and O–H groups in total. The van der Waals surface area contributed by atoms with Gasteiger partial charge in [-0.25, -0.2) is 9.98 Å². The number of likely N-dealkylation sites (tertiary alicyclic amines) is 1. The molecular weight excluding hydrogens is 945 g/mol. The number of nitrogens with zero attached hydrogens (tertiary/aromatic N) is 5. The second-order valence-corrected chi connectivity index (χ2v) is 19.8. The fraction of sp³-hybridized carbons (Fsp3) is 0.368.